The maximum absolute atomic E-state index is 10.2. The number of benzene rings is 1. The van der Waals surface area contributed by atoms with Gasteiger partial charge < -0.3 is 15.4 Å². The molecule has 3 N–H and O–H groups in total. The summed E-state index contributed by atoms with van der Waals surface area (Å²) < 4.78 is 0. The van der Waals surface area contributed by atoms with Crippen molar-refractivity contribution >= 4 is 19.0 Å². The largest absolute Gasteiger partial charge is 0.488 e. The first-order chi connectivity index (χ1) is 7.13. The van der Waals surface area contributed by atoms with E-state index in [1.54, 1.807) is 12.1 Å². The minimum absolute atomic E-state index is 0.0763. The molecule has 0 aliphatic rings. The van der Waals surface area contributed by atoms with Crippen molar-refractivity contribution in [1.82, 2.24) is 5.32 Å². The van der Waals surface area contributed by atoms with Gasteiger partial charge in [0.25, 0.3) is 0 Å². The fourth-order valence-corrected chi connectivity index (χ4v) is 1.35. The van der Waals surface area contributed by atoms with Crippen molar-refractivity contribution in [2.75, 3.05) is 0 Å². The van der Waals surface area contributed by atoms with E-state index in [4.69, 9.17) is 10.0 Å². The molecule has 0 spiro atoms. The fraction of sp³-hybridized carbons (Fsp3) is 0.300. The van der Waals surface area contributed by atoms with Gasteiger partial charge in [0, 0.05) is 6.04 Å². The van der Waals surface area contributed by atoms with Gasteiger partial charge in [0.05, 0.1) is 0 Å². The first-order valence-corrected chi connectivity index (χ1v) is 4.78. The van der Waals surface area contributed by atoms with Crippen molar-refractivity contribution in [3.63, 3.8) is 0 Å². The molecule has 0 bridgehead atoms. The van der Waals surface area contributed by atoms with E-state index in [1.165, 1.54) is 0 Å². The van der Waals surface area contributed by atoms with E-state index >= 15 is 0 Å². The monoisotopic (exact) mass is 207 g/mol. The Morgan fingerprint density at radius 3 is 2.47 bits per heavy atom. The molecule has 1 amide bonds. The third-order valence-electron chi connectivity index (χ3n) is 2.17. The van der Waals surface area contributed by atoms with Gasteiger partial charge in [-0.2, -0.15) is 0 Å². The highest BCUT2D eigenvalue weighted by molar-refractivity contribution is 6.58. The molecular formula is C10H14BNO3. The lowest BCUT2D eigenvalue weighted by Gasteiger charge is -2.10. The fourth-order valence-electron chi connectivity index (χ4n) is 1.35. The zero-order valence-electron chi connectivity index (χ0n) is 8.55. The van der Waals surface area contributed by atoms with E-state index in [-0.39, 0.29) is 6.04 Å². The van der Waals surface area contributed by atoms with Crippen LogP contribution in [0.25, 0.3) is 0 Å². The van der Waals surface area contributed by atoms with Gasteiger partial charge in [0.1, 0.15) is 0 Å². The smallest absolute Gasteiger partial charge is 0.423 e. The second kappa shape index (κ2) is 5.53. The van der Waals surface area contributed by atoms with Crippen LogP contribution in [0.5, 0.6) is 0 Å². The summed E-state index contributed by atoms with van der Waals surface area (Å²) in [5.74, 6) is 0. The maximum atomic E-state index is 10.2. The molecule has 0 fully saturated rings. The minimum atomic E-state index is -1.43. The number of nitrogens with one attached hydrogen (secondary N) is 1. The molecule has 1 unspecified atom stereocenters. The highest BCUT2D eigenvalue weighted by Crippen LogP contribution is 2.01. The van der Waals surface area contributed by atoms with Gasteiger partial charge in [-0.05, 0) is 24.4 Å². The molecule has 0 aliphatic heterocycles. The molecule has 0 saturated heterocycles. The highest BCUT2D eigenvalue weighted by atomic mass is 16.4. The summed E-state index contributed by atoms with van der Waals surface area (Å²) in [6.07, 6.45) is 1.40. The van der Waals surface area contributed by atoms with Gasteiger partial charge in [-0.3, -0.25) is 4.79 Å². The lowest BCUT2D eigenvalue weighted by molar-refractivity contribution is -0.110. The summed E-state index contributed by atoms with van der Waals surface area (Å²) in [4.78, 5) is 10.2. The van der Waals surface area contributed by atoms with E-state index in [9.17, 15) is 4.79 Å². The Balaban J connectivity index is 2.60. The second-order valence-electron chi connectivity index (χ2n) is 3.50. The molecule has 0 aromatic heterocycles. The summed E-state index contributed by atoms with van der Waals surface area (Å²) in [6.45, 7) is 1.91. The summed E-state index contributed by atoms with van der Waals surface area (Å²) in [6, 6.07) is 7.03. The quantitative estimate of drug-likeness (QED) is 0.430. The Kier molecular flexibility index (Phi) is 4.33. The number of carbonyl (C=O) groups excluding carboxylic acids is 1. The van der Waals surface area contributed by atoms with E-state index in [0.717, 1.165) is 12.0 Å². The molecule has 5 heteroatoms. The van der Waals surface area contributed by atoms with Gasteiger partial charge in [0.2, 0.25) is 6.41 Å². The van der Waals surface area contributed by atoms with Crippen molar-refractivity contribution < 1.29 is 14.8 Å². The Morgan fingerprint density at radius 2 is 2.00 bits per heavy atom. The summed E-state index contributed by atoms with van der Waals surface area (Å²) in [7, 11) is -1.43. The third kappa shape index (κ3) is 3.73. The predicted octanol–water partition coefficient (Wildman–Crippen LogP) is -0.957. The van der Waals surface area contributed by atoms with Crippen LogP contribution in [0.1, 0.15) is 12.5 Å². The van der Waals surface area contributed by atoms with Crippen LogP contribution < -0.4 is 10.8 Å². The lowest BCUT2D eigenvalue weighted by Crippen LogP contribution is -2.30. The maximum Gasteiger partial charge on any atom is 0.488 e. The Labute approximate surface area is 89.1 Å². The topological polar surface area (TPSA) is 69.6 Å². The molecule has 80 valence electrons. The molecule has 0 radical (unpaired) electrons. The van der Waals surface area contributed by atoms with Crippen molar-refractivity contribution in [2.45, 2.75) is 19.4 Å². The van der Waals surface area contributed by atoms with Crippen LogP contribution in [0.4, 0.5) is 0 Å². The summed E-state index contributed by atoms with van der Waals surface area (Å²) in [5, 5.41) is 20.4. The van der Waals surface area contributed by atoms with Gasteiger partial charge >= 0.3 is 7.12 Å². The molecule has 1 aromatic carbocycles. The molecule has 1 rings (SSSR count). The zero-order valence-corrected chi connectivity index (χ0v) is 8.55. The Hall–Kier alpha value is -1.33. The molecule has 1 aromatic rings. The predicted molar refractivity (Wildman–Crippen MR) is 58.6 cm³/mol. The van der Waals surface area contributed by atoms with Crippen LogP contribution in [-0.4, -0.2) is 29.6 Å². The molecular weight excluding hydrogens is 193 g/mol. The standard InChI is InChI=1S/C10H14BNO3/c1-8(12-7-13)6-9-2-4-10(5-3-9)11(14)15/h2-5,7-8,14-15H,6H2,1H3,(H,12,13). The van der Waals surface area contributed by atoms with Crippen LogP contribution in [0, 0.1) is 0 Å². The van der Waals surface area contributed by atoms with Gasteiger partial charge in [-0.15, -0.1) is 0 Å². The van der Waals surface area contributed by atoms with Crippen molar-refractivity contribution in [3.8, 4) is 0 Å². The van der Waals surface area contributed by atoms with E-state index in [1.807, 2.05) is 19.1 Å². The SMILES string of the molecule is CC(Cc1ccc(B(O)O)cc1)NC=O. The van der Waals surface area contributed by atoms with Crippen LogP contribution in [-0.2, 0) is 11.2 Å². The number of carbonyl (C=O) groups is 1. The second-order valence-corrected chi connectivity index (χ2v) is 3.50. The average Bonchev–Trinajstić information content (AvgIpc) is 2.18. The Morgan fingerprint density at radius 1 is 1.40 bits per heavy atom. The van der Waals surface area contributed by atoms with Crippen LogP contribution >= 0.6 is 0 Å². The van der Waals surface area contributed by atoms with Crippen LogP contribution in [0.15, 0.2) is 24.3 Å². The van der Waals surface area contributed by atoms with Crippen molar-refractivity contribution in [1.29, 1.82) is 0 Å². The van der Waals surface area contributed by atoms with E-state index in [2.05, 4.69) is 5.32 Å². The first kappa shape index (κ1) is 11.7. The molecule has 0 aliphatic carbocycles. The molecule has 4 nitrogen and oxygen atoms in total. The van der Waals surface area contributed by atoms with E-state index in [0.29, 0.717) is 11.9 Å². The Bertz CT molecular complexity index is 313. The van der Waals surface area contributed by atoms with E-state index < -0.39 is 7.12 Å². The van der Waals surface area contributed by atoms with Crippen molar-refractivity contribution in [2.24, 2.45) is 0 Å². The summed E-state index contributed by atoms with van der Waals surface area (Å²) >= 11 is 0. The highest BCUT2D eigenvalue weighted by Gasteiger charge is 2.10. The molecule has 1 atom stereocenters. The minimum Gasteiger partial charge on any atom is -0.423 e. The van der Waals surface area contributed by atoms with Crippen LogP contribution in [0.3, 0.4) is 0 Å². The lowest BCUT2D eigenvalue weighted by atomic mass is 9.80. The third-order valence-corrected chi connectivity index (χ3v) is 2.17. The number of amides is 1. The van der Waals surface area contributed by atoms with Crippen molar-refractivity contribution in [3.05, 3.63) is 29.8 Å². The van der Waals surface area contributed by atoms with Gasteiger partial charge in [-0.1, -0.05) is 24.3 Å². The molecule has 0 saturated carbocycles. The number of rotatable bonds is 5. The average molecular weight is 207 g/mol. The summed E-state index contributed by atoms with van der Waals surface area (Å²) in [5.41, 5.74) is 1.51. The van der Waals surface area contributed by atoms with Crippen LogP contribution in [0.2, 0.25) is 0 Å². The van der Waals surface area contributed by atoms with Gasteiger partial charge in [-0.25, -0.2) is 0 Å². The zero-order chi connectivity index (χ0) is 11.3. The first-order valence-electron chi connectivity index (χ1n) is 4.78. The molecule has 0 heterocycles. The van der Waals surface area contributed by atoms with Gasteiger partial charge in [0.15, 0.2) is 0 Å². The molecule has 15 heavy (non-hydrogen) atoms. The normalized spacial score (nSPS) is 11.9. The number of hydrogen-bond acceptors (Lipinski definition) is 3. The number of hydrogen-bond donors (Lipinski definition) is 3.